The average molecular weight is 307 g/mol. The first-order valence-corrected chi connectivity index (χ1v) is 7.96. The SMILES string of the molecule is CN(Cc1ccco1)C(=O)NCCC(=O)N1CCCCCC1. The third-order valence-corrected chi connectivity index (χ3v) is 3.89. The number of hydrogen-bond acceptors (Lipinski definition) is 3. The first-order chi connectivity index (χ1) is 10.7. The van der Waals surface area contributed by atoms with Crippen molar-refractivity contribution in [2.75, 3.05) is 26.7 Å². The van der Waals surface area contributed by atoms with Crippen LogP contribution >= 0.6 is 0 Å². The second kappa shape index (κ2) is 8.46. The molecule has 1 aliphatic heterocycles. The van der Waals surface area contributed by atoms with E-state index in [1.54, 1.807) is 19.4 Å². The van der Waals surface area contributed by atoms with Crippen LogP contribution in [0.5, 0.6) is 0 Å². The van der Waals surface area contributed by atoms with Crippen molar-refractivity contribution in [3.8, 4) is 0 Å². The van der Waals surface area contributed by atoms with Crippen molar-refractivity contribution in [1.29, 1.82) is 0 Å². The van der Waals surface area contributed by atoms with Crippen molar-refractivity contribution < 1.29 is 14.0 Å². The largest absolute Gasteiger partial charge is 0.467 e. The summed E-state index contributed by atoms with van der Waals surface area (Å²) in [6.07, 6.45) is 6.53. The van der Waals surface area contributed by atoms with Crippen molar-refractivity contribution >= 4 is 11.9 Å². The zero-order valence-corrected chi connectivity index (χ0v) is 13.2. The molecule has 3 amide bonds. The number of nitrogens with zero attached hydrogens (tertiary/aromatic N) is 2. The molecular weight excluding hydrogens is 282 g/mol. The van der Waals surface area contributed by atoms with E-state index < -0.39 is 0 Å². The molecule has 1 aliphatic rings. The van der Waals surface area contributed by atoms with Crippen LogP contribution in [-0.2, 0) is 11.3 Å². The van der Waals surface area contributed by atoms with Gasteiger partial charge in [-0.1, -0.05) is 12.8 Å². The number of urea groups is 1. The molecule has 6 nitrogen and oxygen atoms in total. The maximum Gasteiger partial charge on any atom is 0.317 e. The lowest BCUT2D eigenvalue weighted by Gasteiger charge is -2.21. The second-order valence-corrected chi connectivity index (χ2v) is 5.71. The van der Waals surface area contributed by atoms with Gasteiger partial charge in [-0.15, -0.1) is 0 Å². The highest BCUT2D eigenvalue weighted by atomic mass is 16.3. The predicted octanol–water partition coefficient (Wildman–Crippen LogP) is 2.21. The molecule has 1 aromatic heterocycles. The molecule has 0 aliphatic carbocycles. The highest BCUT2D eigenvalue weighted by Gasteiger charge is 2.16. The summed E-state index contributed by atoms with van der Waals surface area (Å²) in [4.78, 5) is 27.5. The van der Waals surface area contributed by atoms with E-state index in [1.807, 2.05) is 11.0 Å². The fourth-order valence-electron chi connectivity index (χ4n) is 2.60. The molecule has 0 unspecified atom stereocenters. The lowest BCUT2D eigenvalue weighted by molar-refractivity contribution is -0.131. The van der Waals surface area contributed by atoms with Gasteiger partial charge in [0.15, 0.2) is 0 Å². The van der Waals surface area contributed by atoms with Crippen LogP contribution < -0.4 is 5.32 Å². The molecule has 0 radical (unpaired) electrons. The van der Waals surface area contributed by atoms with E-state index in [-0.39, 0.29) is 11.9 Å². The van der Waals surface area contributed by atoms with E-state index in [2.05, 4.69) is 5.32 Å². The summed E-state index contributed by atoms with van der Waals surface area (Å²) in [7, 11) is 1.70. The molecule has 1 fully saturated rings. The van der Waals surface area contributed by atoms with Gasteiger partial charge in [0.25, 0.3) is 0 Å². The Balaban J connectivity index is 1.66. The Kier molecular flexibility index (Phi) is 6.30. The molecular formula is C16H25N3O3. The van der Waals surface area contributed by atoms with Gasteiger partial charge < -0.3 is 19.5 Å². The average Bonchev–Trinajstić information content (AvgIpc) is 2.86. The van der Waals surface area contributed by atoms with Crippen LogP contribution in [0.15, 0.2) is 22.8 Å². The molecule has 0 spiro atoms. The lowest BCUT2D eigenvalue weighted by atomic mass is 10.2. The molecule has 0 atom stereocenters. The summed E-state index contributed by atoms with van der Waals surface area (Å²) in [6, 6.07) is 3.42. The van der Waals surface area contributed by atoms with E-state index in [0.29, 0.717) is 19.5 Å². The van der Waals surface area contributed by atoms with Gasteiger partial charge in [0, 0.05) is 33.1 Å². The first-order valence-electron chi connectivity index (χ1n) is 7.96. The van der Waals surface area contributed by atoms with Crippen molar-refractivity contribution in [3.05, 3.63) is 24.2 Å². The van der Waals surface area contributed by atoms with Gasteiger partial charge in [0.05, 0.1) is 12.8 Å². The summed E-state index contributed by atoms with van der Waals surface area (Å²) in [5, 5.41) is 2.78. The predicted molar refractivity (Wildman–Crippen MR) is 83.2 cm³/mol. The molecule has 2 heterocycles. The van der Waals surface area contributed by atoms with E-state index in [4.69, 9.17) is 4.42 Å². The van der Waals surface area contributed by atoms with Crippen LogP contribution in [0.4, 0.5) is 4.79 Å². The smallest absolute Gasteiger partial charge is 0.317 e. The highest BCUT2D eigenvalue weighted by molar-refractivity contribution is 5.78. The van der Waals surface area contributed by atoms with E-state index in [0.717, 1.165) is 31.7 Å². The van der Waals surface area contributed by atoms with E-state index in [1.165, 1.54) is 17.7 Å². The van der Waals surface area contributed by atoms with Crippen LogP contribution in [-0.4, -0.2) is 48.4 Å². The molecule has 0 saturated carbocycles. The summed E-state index contributed by atoms with van der Waals surface area (Å²) >= 11 is 0. The second-order valence-electron chi connectivity index (χ2n) is 5.71. The molecule has 0 aromatic carbocycles. The van der Waals surface area contributed by atoms with Crippen molar-refractivity contribution in [2.24, 2.45) is 0 Å². The lowest BCUT2D eigenvalue weighted by Crippen LogP contribution is -2.39. The third kappa shape index (κ3) is 5.09. The minimum atomic E-state index is -0.194. The van der Waals surface area contributed by atoms with Gasteiger partial charge in [0.2, 0.25) is 5.91 Å². The van der Waals surface area contributed by atoms with Gasteiger partial charge in [0.1, 0.15) is 5.76 Å². The molecule has 22 heavy (non-hydrogen) atoms. The van der Waals surface area contributed by atoms with E-state index >= 15 is 0 Å². The Hall–Kier alpha value is -1.98. The molecule has 1 saturated heterocycles. The molecule has 6 heteroatoms. The fraction of sp³-hybridized carbons (Fsp3) is 0.625. The van der Waals surface area contributed by atoms with Crippen LogP contribution in [0.25, 0.3) is 0 Å². The standard InChI is InChI=1S/C16H25N3O3/c1-18(13-14-7-6-12-22-14)16(21)17-9-8-15(20)19-10-4-2-3-5-11-19/h6-7,12H,2-5,8-11,13H2,1H3,(H,17,21). The minimum absolute atomic E-state index is 0.135. The topological polar surface area (TPSA) is 65.8 Å². The molecule has 1 aromatic rings. The van der Waals surface area contributed by atoms with Gasteiger partial charge >= 0.3 is 6.03 Å². The number of carbonyl (C=O) groups excluding carboxylic acids is 2. The minimum Gasteiger partial charge on any atom is -0.467 e. The fourth-order valence-corrected chi connectivity index (χ4v) is 2.60. The summed E-state index contributed by atoms with van der Waals surface area (Å²) in [6.45, 7) is 2.49. The summed E-state index contributed by atoms with van der Waals surface area (Å²) < 4.78 is 5.21. The number of hydrogen-bond donors (Lipinski definition) is 1. The van der Waals surface area contributed by atoms with Crippen molar-refractivity contribution in [2.45, 2.75) is 38.6 Å². The monoisotopic (exact) mass is 307 g/mol. The van der Waals surface area contributed by atoms with Gasteiger partial charge in [-0.3, -0.25) is 4.79 Å². The van der Waals surface area contributed by atoms with Gasteiger partial charge in [-0.05, 0) is 25.0 Å². The Morgan fingerprint density at radius 2 is 2.00 bits per heavy atom. The number of rotatable bonds is 5. The van der Waals surface area contributed by atoms with Gasteiger partial charge in [-0.2, -0.15) is 0 Å². The van der Waals surface area contributed by atoms with E-state index in [9.17, 15) is 9.59 Å². The maximum atomic E-state index is 12.1. The highest BCUT2D eigenvalue weighted by Crippen LogP contribution is 2.10. The normalized spacial score (nSPS) is 15.2. The molecule has 0 bridgehead atoms. The van der Waals surface area contributed by atoms with Gasteiger partial charge in [-0.25, -0.2) is 4.79 Å². The summed E-state index contributed by atoms with van der Waals surface area (Å²) in [5.74, 6) is 0.870. The molecule has 122 valence electrons. The number of furan rings is 1. The molecule has 1 N–H and O–H groups in total. The summed E-state index contributed by atoms with van der Waals surface area (Å²) in [5.41, 5.74) is 0. The van der Waals surface area contributed by atoms with Crippen molar-refractivity contribution in [1.82, 2.24) is 15.1 Å². The quantitative estimate of drug-likeness (QED) is 0.907. The Morgan fingerprint density at radius 1 is 1.27 bits per heavy atom. The zero-order valence-electron chi connectivity index (χ0n) is 13.2. The van der Waals surface area contributed by atoms with Crippen LogP contribution in [0.1, 0.15) is 37.9 Å². The molecule has 2 rings (SSSR count). The van der Waals surface area contributed by atoms with Crippen LogP contribution in [0.3, 0.4) is 0 Å². The Labute approximate surface area is 131 Å². The van der Waals surface area contributed by atoms with Crippen LogP contribution in [0.2, 0.25) is 0 Å². The van der Waals surface area contributed by atoms with Crippen molar-refractivity contribution in [3.63, 3.8) is 0 Å². The Morgan fingerprint density at radius 3 is 2.64 bits per heavy atom. The number of carbonyl (C=O) groups is 2. The first kappa shape index (κ1) is 16.4. The third-order valence-electron chi connectivity index (χ3n) is 3.89. The van der Waals surface area contributed by atoms with Crippen LogP contribution in [0, 0.1) is 0 Å². The maximum absolute atomic E-state index is 12.1. The Bertz CT molecular complexity index is 465. The number of nitrogens with one attached hydrogen (secondary N) is 1. The zero-order chi connectivity index (χ0) is 15.8. The number of likely N-dealkylation sites (tertiary alicyclic amines) is 1. The number of amides is 3.